The van der Waals surface area contributed by atoms with Gasteiger partial charge in [0.25, 0.3) is 5.91 Å². The molecule has 180 valence electrons. The molecule has 33 heavy (non-hydrogen) atoms. The number of amides is 1. The summed E-state index contributed by atoms with van der Waals surface area (Å²) in [5, 5.41) is 2.72. The number of rotatable bonds is 8. The summed E-state index contributed by atoms with van der Waals surface area (Å²) in [5.41, 5.74) is 1.62. The zero-order valence-corrected chi connectivity index (χ0v) is 21.0. The highest BCUT2D eigenvalue weighted by Gasteiger charge is 2.30. The summed E-state index contributed by atoms with van der Waals surface area (Å²) in [5.74, 6) is -0.00180. The van der Waals surface area contributed by atoms with Crippen LogP contribution >= 0.6 is 0 Å². The van der Waals surface area contributed by atoms with Crippen molar-refractivity contribution in [3.05, 3.63) is 59.2 Å². The third kappa shape index (κ3) is 6.02. The number of carbonyl (C=O) groups excluding carboxylic acids is 1. The van der Waals surface area contributed by atoms with Crippen molar-refractivity contribution in [3.8, 4) is 0 Å². The Morgan fingerprint density at radius 3 is 2.30 bits per heavy atom. The molecule has 1 saturated heterocycles. The minimum absolute atomic E-state index is 0.0861. The Kier molecular flexibility index (Phi) is 7.97. The zero-order valence-electron chi connectivity index (χ0n) is 19.4. The molecule has 0 saturated carbocycles. The number of nitrogens with one attached hydrogen (secondary N) is 1. The molecule has 0 aromatic heterocycles. The summed E-state index contributed by atoms with van der Waals surface area (Å²) in [6, 6.07) is 11.3. The smallest absolute Gasteiger partial charge is 0.251 e. The first kappa shape index (κ1) is 25.4. The van der Waals surface area contributed by atoms with E-state index in [0.29, 0.717) is 24.6 Å². The fourth-order valence-electron chi connectivity index (χ4n) is 3.90. The maximum absolute atomic E-state index is 13.3. The molecule has 0 atom stereocenters. The summed E-state index contributed by atoms with van der Waals surface area (Å²) >= 11 is 0. The van der Waals surface area contributed by atoms with E-state index < -0.39 is 25.8 Å². The van der Waals surface area contributed by atoms with Crippen LogP contribution in [0.4, 0.5) is 0 Å². The summed E-state index contributed by atoms with van der Waals surface area (Å²) in [6.07, 6.45) is 1.90. The monoisotopic (exact) mass is 492 g/mol. The molecule has 2 aromatic rings. The molecule has 2 aromatic carbocycles. The molecule has 1 heterocycles. The lowest BCUT2D eigenvalue weighted by Gasteiger charge is -2.30. The number of sulfonamides is 1. The first-order chi connectivity index (χ1) is 15.5. The summed E-state index contributed by atoms with van der Waals surface area (Å²) in [7, 11) is -7.11. The van der Waals surface area contributed by atoms with Crippen molar-refractivity contribution in [2.75, 3.05) is 25.4 Å². The molecule has 1 aliphatic rings. The number of sulfone groups is 1. The fraction of sp³-hybridized carbons (Fsp3) is 0.458. The SMILES string of the molecule is Cc1cc(C(=O)NCCCS(=O)(=O)c2ccccc2)cc(S(=O)(=O)N2CCC(C)CC2)c1C. The van der Waals surface area contributed by atoms with Crippen LogP contribution in [-0.2, 0) is 19.9 Å². The fourth-order valence-corrected chi connectivity index (χ4v) is 7.03. The molecule has 0 bridgehead atoms. The largest absolute Gasteiger partial charge is 0.352 e. The van der Waals surface area contributed by atoms with Gasteiger partial charge in [-0.15, -0.1) is 0 Å². The van der Waals surface area contributed by atoms with Crippen LogP contribution < -0.4 is 5.32 Å². The van der Waals surface area contributed by atoms with Crippen molar-refractivity contribution in [1.29, 1.82) is 0 Å². The van der Waals surface area contributed by atoms with Crippen molar-refractivity contribution in [2.24, 2.45) is 5.92 Å². The first-order valence-corrected chi connectivity index (χ1v) is 14.3. The molecule has 1 fully saturated rings. The number of aryl methyl sites for hydroxylation is 1. The lowest BCUT2D eigenvalue weighted by molar-refractivity contribution is 0.0953. The Hall–Kier alpha value is -2.23. The van der Waals surface area contributed by atoms with Crippen LogP contribution in [0.1, 0.15) is 47.7 Å². The van der Waals surface area contributed by atoms with Crippen molar-refractivity contribution in [3.63, 3.8) is 0 Å². The summed E-state index contributed by atoms with van der Waals surface area (Å²) in [4.78, 5) is 13.2. The van der Waals surface area contributed by atoms with Crippen molar-refractivity contribution in [1.82, 2.24) is 9.62 Å². The highest BCUT2D eigenvalue weighted by Crippen LogP contribution is 2.28. The number of hydrogen-bond acceptors (Lipinski definition) is 5. The Morgan fingerprint density at radius 1 is 1.03 bits per heavy atom. The molecule has 0 aliphatic carbocycles. The predicted octanol–water partition coefficient (Wildman–Crippen LogP) is 3.32. The van der Waals surface area contributed by atoms with E-state index in [9.17, 15) is 21.6 Å². The minimum Gasteiger partial charge on any atom is -0.352 e. The molecule has 1 aliphatic heterocycles. The van der Waals surface area contributed by atoms with Crippen molar-refractivity contribution in [2.45, 2.75) is 49.8 Å². The third-order valence-electron chi connectivity index (χ3n) is 6.22. The Morgan fingerprint density at radius 2 is 1.67 bits per heavy atom. The molecular weight excluding hydrogens is 460 g/mol. The maximum atomic E-state index is 13.3. The van der Waals surface area contributed by atoms with Gasteiger partial charge in [-0.25, -0.2) is 16.8 Å². The van der Waals surface area contributed by atoms with Crippen LogP contribution in [0.5, 0.6) is 0 Å². The summed E-state index contributed by atoms with van der Waals surface area (Å²) < 4.78 is 52.8. The molecule has 9 heteroatoms. The van der Waals surface area contributed by atoms with Crippen molar-refractivity contribution < 1.29 is 21.6 Å². The van der Waals surface area contributed by atoms with Gasteiger partial charge in [0.1, 0.15) is 0 Å². The normalized spacial score (nSPS) is 16.0. The van der Waals surface area contributed by atoms with Crippen LogP contribution in [0.25, 0.3) is 0 Å². The minimum atomic E-state index is -3.70. The van der Waals surface area contributed by atoms with E-state index >= 15 is 0 Å². The Balaban J connectivity index is 1.68. The Bertz CT molecular complexity index is 1200. The van der Waals surface area contributed by atoms with Gasteiger partial charge in [-0.1, -0.05) is 25.1 Å². The van der Waals surface area contributed by atoms with E-state index in [-0.39, 0.29) is 34.1 Å². The van der Waals surface area contributed by atoms with E-state index in [1.807, 2.05) is 0 Å². The maximum Gasteiger partial charge on any atom is 0.251 e. The van der Waals surface area contributed by atoms with E-state index in [1.54, 1.807) is 50.2 Å². The van der Waals surface area contributed by atoms with Gasteiger partial charge < -0.3 is 5.32 Å². The van der Waals surface area contributed by atoms with Crippen LogP contribution in [0.3, 0.4) is 0 Å². The van der Waals surface area contributed by atoms with Gasteiger partial charge in [-0.2, -0.15) is 4.31 Å². The average molecular weight is 493 g/mol. The first-order valence-electron chi connectivity index (χ1n) is 11.2. The highest BCUT2D eigenvalue weighted by atomic mass is 32.2. The quantitative estimate of drug-likeness (QED) is 0.570. The number of carbonyl (C=O) groups is 1. The molecule has 3 rings (SSSR count). The second-order valence-electron chi connectivity index (χ2n) is 8.74. The molecule has 0 radical (unpaired) electrons. The van der Waals surface area contributed by atoms with Crippen LogP contribution in [-0.4, -0.2) is 52.4 Å². The second-order valence-corrected chi connectivity index (χ2v) is 12.8. The number of benzene rings is 2. The zero-order chi connectivity index (χ0) is 24.2. The molecule has 0 spiro atoms. The van der Waals surface area contributed by atoms with Gasteiger partial charge in [0.2, 0.25) is 10.0 Å². The third-order valence-corrected chi connectivity index (χ3v) is 10.1. The van der Waals surface area contributed by atoms with Gasteiger partial charge in [0.05, 0.1) is 15.5 Å². The highest BCUT2D eigenvalue weighted by molar-refractivity contribution is 7.91. The van der Waals surface area contributed by atoms with Gasteiger partial charge in [0.15, 0.2) is 9.84 Å². The van der Waals surface area contributed by atoms with Gasteiger partial charge in [-0.05, 0) is 74.4 Å². The van der Waals surface area contributed by atoms with Crippen LogP contribution in [0.15, 0.2) is 52.3 Å². The molecule has 1 amide bonds. The predicted molar refractivity (Wildman–Crippen MR) is 129 cm³/mol. The van der Waals surface area contributed by atoms with E-state index in [0.717, 1.165) is 18.4 Å². The van der Waals surface area contributed by atoms with Crippen LogP contribution in [0.2, 0.25) is 0 Å². The average Bonchev–Trinajstić information content (AvgIpc) is 2.79. The Labute approximate surface area is 197 Å². The van der Waals surface area contributed by atoms with Crippen molar-refractivity contribution >= 4 is 25.8 Å². The van der Waals surface area contributed by atoms with Gasteiger partial charge in [-0.3, -0.25) is 4.79 Å². The van der Waals surface area contributed by atoms with Gasteiger partial charge in [0, 0.05) is 25.2 Å². The molecule has 1 N–H and O–H groups in total. The topological polar surface area (TPSA) is 101 Å². The van der Waals surface area contributed by atoms with E-state index in [2.05, 4.69) is 12.2 Å². The molecule has 7 nitrogen and oxygen atoms in total. The van der Waals surface area contributed by atoms with Crippen LogP contribution in [0, 0.1) is 19.8 Å². The number of piperidine rings is 1. The lowest BCUT2D eigenvalue weighted by atomic mass is 10.0. The molecule has 0 unspecified atom stereocenters. The summed E-state index contributed by atoms with van der Waals surface area (Å²) in [6.45, 7) is 6.79. The van der Waals surface area contributed by atoms with E-state index in [4.69, 9.17) is 0 Å². The standard InChI is InChI=1S/C24H32N2O5S2/c1-18-10-13-26(14-11-18)33(30,31)23-17-21(16-19(2)20(23)3)24(27)25-12-7-15-32(28,29)22-8-5-4-6-9-22/h4-6,8-9,16-18H,7,10-15H2,1-3H3,(H,25,27). The van der Waals surface area contributed by atoms with E-state index in [1.165, 1.54) is 10.4 Å². The lowest BCUT2D eigenvalue weighted by Crippen LogP contribution is -2.38. The molecular formula is C24H32N2O5S2. The van der Waals surface area contributed by atoms with Gasteiger partial charge >= 0.3 is 0 Å². The number of nitrogens with zero attached hydrogens (tertiary/aromatic N) is 1. The second kappa shape index (κ2) is 10.4. The number of hydrogen-bond donors (Lipinski definition) is 1.